The Labute approximate surface area is 80.8 Å². The van der Waals surface area contributed by atoms with E-state index in [9.17, 15) is 4.79 Å². The Morgan fingerprint density at radius 1 is 1.79 bits per heavy atom. The molecule has 14 heavy (non-hydrogen) atoms. The van der Waals surface area contributed by atoms with Crippen molar-refractivity contribution < 1.29 is 9.90 Å². The summed E-state index contributed by atoms with van der Waals surface area (Å²) < 4.78 is 0. The molecular formula is C9H9N3O2. The summed E-state index contributed by atoms with van der Waals surface area (Å²) in [5, 5.41) is 17.6. The maximum absolute atomic E-state index is 10.8. The molecule has 0 saturated carbocycles. The second kappa shape index (κ2) is 3.44. The molecule has 0 aliphatic carbocycles. The van der Waals surface area contributed by atoms with Gasteiger partial charge in [-0.05, 0) is 13.0 Å². The SMILES string of the molecule is C[C@](N)(C(=O)O)c1cccnc1C#N. The van der Waals surface area contributed by atoms with Gasteiger partial charge in [-0.25, -0.2) is 9.78 Å². The Balaban J connectivity index is 3.33. The monoisotopic (exact) mass is 191 g/mol. The van der Waals surface area contributed by atoms with Crippen LogP contribution in [0.25, 0.3) is 0 Å². The Kier molecular flexibility index (Phi) is 2.49. The van der Waals surface area contributed by atoms with E-state index in [-0.39, 0.29) is 11.3 Å². The van der Waals surface area contributed by atoms with Crippen molar-refractivity contribution in [2.45, 2.75) is 12.5 Å². The second-order valence-corrected chi connectivity index (χ2v) is 3.02. The number of carboxylic acids is 1. The van der Waals surface area contributed by atoms with Gasteiger partial charge in [0.2, 0.25) is 0 Å². The zero-order valence-electron chi connectivity index (χ0n) is 7.56. The predicted octanol–water partition coefficient (Wildman–Crippen LogP) is 0.212. The van der Waals surface area contributed by atoms with Gasteiger partial charge in [-0.1, -0.05) is 6.07 Å². The highest BCUT2D eigenvalue weighted by Crippen LogP contribution is 2.19. The first kappa shape index (κ1) is 10.2. The fourth-order valence-corrected chi connectivity index (χ4v) is 1.03. The Hall–Kier alpha value is -1.93. The standard InChI is InChI=1S/C9H9N3O2/c1-9(11,8(13)14)6-3-2-4-12-7(6)5-10/h2-4H,11H2,1H3,(H,13,14)/t9-/m1/s1. The summed E-state index contributed by atoms with van der Waals surface area (Å²) >= 11 is 0. The van der Waals surface area contributed by atoms with Crippen molar-refractivity contribution in [3.05, 3.63) is 29.6 Å². The lowest BCUT2D eigenvalue weighted by atomic mass is 9.92. The number of nitrogens with two attached hydrogens (primary N) is 1. The van der Waals surface area contributed by atoms with E-state index in [4.69, 9.17) is 16.1 Å². The van der Waals surface area contributed by atoms with Crippen molar-refractivity contribution in [2.24, 2.45) is 5.73 Å². The molecule has 1 heterocycles. The lowest BCUT2D eigenvalue weighted by molar-refractivity contribution is -0.143. The number of aromatic nitrogens is 1. The maximum Gasteiger partial charge on any atom is 0.328 e. The molecule has 1 rings (SSSR count). The number of hydrogen-bond acceptors (Lipinski definition) is 4. The molecule has 0 aromatic carbocycles. The van der Waals surface area contributed by atoms with E-state index in [1.165, 1.54) is 19.2 Å². The van der Waals surface area contributed by atoms with E-state index >= 15 is 0 Å². The molecule has 5 nitrogen and oxygen atoms in total. The first-order valence-electron chi connectivity index (χ1n) is 3.88. The quantitative estimate of drug-likeness (QED) is 0.696. The Bertz CT molecular complexity index is 407. The molecule has 5 heteroatoms. The average Bonchev–Trinajstić information content (AvgIpc) is 2.17. The summed E-state index contributed by atoms with van der Waals surface area (Å²) in [7, 11) is 0. The van der Waals surface area contributed by atoms with Gasteiger partial charge in [0.15, 0.2) is 0 Å². The van der Waals surface area contributed by atoms with Crippen LogP contribution in [0.5, 0.6) is 0 Å². The number of nitrogens with zero attached hydrogens (tertiary/aromatic N) is 2. The van der Waals surface area contributed by atoms with E-state index in [1.54, 1.807) is 12.1 Å². The summed E-state index contributed by atoms with van der Waals surface area (Å²) in [6.07, 6.45) is 1.42. The normalized spacial score (nSPS) is 14.1. The Morgan fingerprint density at radius 2 is 2.43 bits per heavy atom. The first-order valence-corrected chi connectivity index (χ1v) is 3.88. The summed E-state index contributed by atoms with van der Waals surface area (Å²) in [6, 6.07) is 4.83. The van der Waals surface area contributed by atoms with E-state index in [2.05, 4.69) is 4.98 Å². The molecule has 0 amide bonds. The molecule has 1 aromatic heterocycles. The fourth-order valence-electron chi connectivity index (χ4n) is 1.03. The van der Waals surface area contributed by atoms with Gasteiger partial charge >= 0.3 is 5.97 Å². The highest BCUT2D eigenvalue weighted by Gasteiger charge is 2.32. The molecule has 0 bridgehead atoms. The number of rotatable bonds is 2. The molecule has 72 valence electrons. The number of carbonyl (C=O) groups is 1. The molecule has 0 unspecified atom stereocenters. The number of aliphatic carboxylic acids is 1. The average molecular weight is 191 g/mol. The van der Waals surface area contributed by atoms with Crippen molar-refractivity contribution in [2.75, 3.05) is 0 Å². The maximum atomic E-state index is 10.8. The molecule has 0 radical (unpaired) electrons. The topological polar surface area (TPSA) is 100 Å². The van der Waals surface area contributed by atoms with Crippen molar-refractivity contribution in [1.82, 2.24) is 4.98 Å². The molecule has 0 aliphatic rings. The van der Waals surface area contributed by atoms with Gasteiger partial charge in [-0.15, -0.1) is 0 Å². The van der Waals surface area contributed by atoms with Gasteiger partial charge < -0.3 is 10.8 Å². The van der Waals surface area contributed by atoms with E-state index in [1.807, 2.05) is 0 Å². The van der Waals surface area contributed by atoms with Crippen LogP contribution in [0, 0.1) is 11.3 Å². The third kappa shape index (κ3) is 1.56. The zero-order chi connectivity index (χ0) is 10.8. The van der Waals surface area contributed by atoms with Gasteiger partial charge in [0.1, 0.15) is 17.3 Å². The predicted molar refractivity (Wildman–Crippen MR) is 48.1 cm³/mol. The van der Waals surface area contributed by atoms with Gasteiger partial charge in [0.25, 0.3) is 0 Å². The molecule has 0 spiro atoms. The highest BCUT2D eigenvalue weighted by molar-refractivity contribution is 5.80. The smallest absolute Gasteiger partial charge is 0.328 e. The molecule has 0 fully saturated rings. The van der Waals surface area contributed by atoms with Crippen LogP contribution < -0.4 is 5.73 Å². The van der Waals surface area contributed by atoms with Gasteiger partial charge in [0, 0.05) is 11.8 Å². The van der Waals surface area contributed by atoms with Crippen LogP contribution >= 0.6 is 0 Å². The van der Waals surface area contributed by atoms with Crippen LogP contribution in [-0.4, -0.2) is 16.1 Å². The first-order chi connectivity index (χ1) is 6.50. The number of pyridine rings is 1. The van der Waals surface area contributed by atoms with E-state index in [0.717, 1.165) is 0 Å². The summed E-state index contributed by atoms with van der Waals surface area (Å²) in [5.41, 5.74) is 4.24. The summed E-state index contributed by atoms with van der Waals surface area (Å²) in [4.78, 5) is 14.6. The molecule has 0 aliphatic heterocycles. The van der Waals surface area contributed by atoms with Crippen LogP contribution in [0.2, 0.25) is 0 Å². The fraction of sp³-hybridized carbons (Fsp3) is 0.222. The van der Waals surface area contributed by atoms with E-state index < -0.39 is 11.5 Å². The minimum Gasteiger partial charge on any atom is -0.480 e. The lowest BCUT2D eigenvalue weighted by Crippen LogP contribution is -2.42. The molecule has 3 N–H and O–H groups in total. The van der Waals surface area contributed by atoms with Gasteiger partial charge in [-0.2, -0.15) is 5.26 Å². The number of hydrogen-bond donors (Lipinski definition) is 2. The van der Waals surface area contributed by atoms with Crippen molar-refractivity contribution >= 4 is 5.97 Å². The Morgan fingerprint density at radius 3 is 2.93 bits per heavy atom. The largest absolute Gasteiger partial charge is 0.480 e. The molecule has 1 aromatic rings. The van der Waals surface area contributed by atoms with Crippen molar-refractivity contribution in [3.8, 4) is 6.07 Å². The van der Waals surface area contributed by atoms with E-state index in [0.29, 0.717) is 0 Å². The van der Waals surface area contributed by atoms with Crippen LogP contribution in [-0.2, 0) is 10.3 Å². The summed E-state index contributed by atoms with van der Waals surface area (Å²) in [6.45, 7) is 1.33. The number of carboxylic acid groups (broad SMARTS) is 1. The van der Waals surface area contributed by atoms with Crippen LogP contribution in [0.3, 0.4) is 0 Å². The molecule has 0 saturated heterocycles. The van der Waals surface area contributed by atoms with Crippen LogP contribution in [0.15, 0.2) is 18.3 Å². The zero-order valence-corrected chi connectivity index (χ0v) is 7.56. The van der Waals surface area contributed by atoms with Crippen molar-refractivity contribution in [1.29, 1.82) is 5.26 Å². The van der Waals surface area contributed by atoms with Crippen LogP contribution in [0.1, 0.15) is 18.2 Å². The molecular weight excluding hydrogens is 182 g/mol. The highest BCUT2D eigenvalue weighted by atomic mass is 16.4. The second-order valence-electron chi connectivity index (χ2n) is 3.02. The van der Waals surface area contributed by atoms with Crippen molar-refractivity contribution in [3.63, 3.8) is 0 Å². The molecule has 1 atom stereocenters. The minimum absolute atomic E-state index is 0.0416. The van der Waals surface area contributed by atoms with Gasteiger partial charge in [-0.3, -0.25) is 0 Å². The number of nitriles is 1. The van der Waals surface area contributed by atoms with Crippen LogP contribution in [0.4, 0.5) is 0 Å². The minimum atomic E-state index is -1.58. The third-order valence-corrected chi connectivity index (χ3v) is 1.92. The van der Waals surface area contributed by atoms with Gasteiger partial charge in [0.05, 0.1) is 0 Å². The summed E-state index contributed by atoms with van der Waals surface area (Å²) in [5.74, 6) is -1.19. The lowest BCUT2D eigenvalue weighted by Gasteiger charge is -2.19. The third-order valence-electron chi connectivity index (χ3n) is 1.92.